The van der Waals surface area contributed by atoms with Gasteiger partial charge in [-0.05, 0) is 22.0 Å². The van der Waals surface area contributed by atoms with Crippen LogP contribution in [0.4, 0.5) is 4.39 Å². The van der Waals surface area contributed by atoms with Crippen molar-refractivity contribution in [3.05, 3.63) is 28.2 Å². The summed E-state index contributed by atoms with van der Waals surface area (Å²) in [5.41, 5.74) is 0.613. The molecule has 4 heteroatoms. The second kappa shape index (κ2) is 3.44. The van der Waals surface area contributed by atoms with E-state index in [2.05, 4.69) is 36.8 Å². The lowest BCUT2D eigenvalue weighted by Crippen LogP contribution is -1.88. The van der Waals surface area contributed by atoms with Crippen LogP contribution >= 0.6 is 31.9 Å². The van der Waals surface area contributed by atoms with Crippen molar-refractivity contribution in [2.24, 2.45) is 0 Å². The third-order valence-corrected chi connectivity index (χ3v) is 2.23. The molecule has 0 unspecified atom stereocenters. The quantitative estimate of drug-likeness (QED) is 0.564. The molecule has 0 saturated heterocycles. The van der Waals surface area contributed by atoms with Crippen LogP contribution in [0.2, 0.25) is 0 Å². The van der Waals surface area contributed by atoms with E-state index >= 15 is 0 Å². The molecular weight excluding hydrogens is 265 g/mol. The first-order chi connectivity index (χ1) is 4.75. The molecule has 0 aromatic carbocycles. The Kier molecular flexibility index (Phi) is 2.80. The van der Waals surface area contributed by atoms with E-state index in [1.54, 1.807) is 12.3 Å². The van der Waals surface area contributed by atoms with E-state index in [9.17, 15) is 4.39 Å². The van der Waals surface area contributed by atoms with E-state index in [0.29, 0.717) is 10.9 Å². The van der Waals surface area contributed by atoms with Crippen molar-refractivity contribution in [1.29, 1.82) is 0 Å². The summed E-state index contributed by atoms with van der Waals surface area (Å²) in [5.74, 6) is -0.292. The lowest BCUT2D eigenvalue weighted by atomic mass is 10.3. The highest BCUT2D eigenvalue weighted by molar-refractivity contribution is 9.10. The molecule has 0 aliphatic carbocycles. The summed E-state index contributed by atoms with van der Waals surface area (Å²) < 4.78 is 13.1. The normalized spacial score (nSPS) is 9.90. The van der Waals surface area contributed by atoms with E-state index < -0.39 is 0 Å². The fourth-order valence-electron chi connectivity index (χ4n) is 0.558. The van der Waals surface area contributed by atoms with Crippen molar-refractivity contribution in [2.45, 2.75) is 5.33 Å². The fourth-order valence-corrected chi connectivity index (χ4v) is 1.36. The first-order valence-electron chi connectivity index (χ1n) is 2.60. The minimum atomic E-state index is -0.292. The van der Waals surface area contributed by atoms with Gasteiger partial charge in [-0.1, -0.05) is 15.9 Å². The lowest BCUT2D eigenvalue weighted by molar-refractivity contribution is 0.602. The summed E-state index contributed by atoms with van der Waals surface area (Å²) in [6.45, 7) is 0. The van der Waals surface area contributed by atoms with E-state index in [4.69, 9.17) is 0 Å². The molecule has 0 N–H and O–H groups in total. The van der Waals surface area contributed by atoms with Crippen molar-refractivity contribution in [2.75, 3.05) is 0 Å². The summed E-state index contributed by atoms with van der Waals surface area (Å²) in [6, 6.07) is 1.63. The highest BCUT2D eigenvalue weighted by Crippen LogP contribution is 2.17. The second-order valence-electron chi connectivity index (χ2n) is 1.71. The third-order valence-electron chi connectivity index (χ3n) is 1.07. The molecular formula is C6H4Br2FN. The minimum absolute atomic E-state index is 0.268. The number of pyridine rings is 1. The van der Waals surface area contributed by atoms with Gasteiger partial charge in [0.05, 0.1) is 0 Å². The van der Waals surface area contributed by atoms with Crippen molar-refractivity contribution in [1.82, 2.24) is 4.98 Å². The Morgan fingerprint density at radius 2 is 2.30 bits per heavy atom. The smallest absolute Gasteiger partial charge is 0.159 e. The topological polar surface area (TPSA) is 12.9 Å². The number of hydrogen-bond donors (Lipinski definition) is 0. The maximum Gasteiger partial charge on any atom is 0.159 e. The molecule has 1 aromatic rings. The number of aromatic nitrogens is 1. The molecule has 1 rings (SSSR count). The van der Waals surface area contributed by atoms with Gasteiger partial charge in [0.25, 0.3) is 0 Å². The number of halogens is 3. The SMILES string of the molecule is Fc1c(CBr)ccnc1Br. The van der Waals surface area contributed by atoms with Gasteiger partial charge in [0.2, 0.25) is 0 Å². The number of alkyl halides is 1. The van der Waals surface area contributed by atoms with Crippen LogP contribution < -0.4 is 0 Å². The van der Waals surface area contributed by atoms with Gasteiger partial charge in [-0.25, -0.2) is 9.37 Å². The summed E-state index contributed by atoms with van der Waals surface area (Å²) in [7, 11) is 0. The van der Waals surface area contributed by atoms with Gasteiger partial charge in [-0.3, -0.25) is 0 Å². The molecule has 0 fully saturated rings. The van der Waals surface area contributed by atoms with Crippen molar-refractivity contribution in [3.8, 4) is 0 Å². The zero-order valence-electron chi connectivity index (χ0n) is 4.94. The van der Waals surface area contributed by atoms with E-state index in [1.807, 2.05) is 0 Å². The Morgan fingerprint density at radius 1 is 1.60 bits per heavy atom. The van der Waals surface area contributed by atoms with Crippen molar-refractivity contribution in [3.63, 3.8) is 0 Å². The molecule has 0 aliphatic rings. The van der Waals surface area contributed by atoms with Gasteiger partial charge in [0.1, 0.15) is 4.60 Å². The minimum Gasteiger partial charge on any atom is -0.246 e. The van der Waals surface area contributed by atoms with Crippen molar-refractivity contribution >= 4 is 31.9 Å². The molecule has 0 amide bonds. The summed E-state index contributed by atoms with van der Waals surface area (Å²) >= 11 is 6.13. The predicted octanol–water partition coefficient (Wildman–Crippen LogP) is 2.88. The molecule has 10 heavy (non-hydrogen) atoms. The zero-order chi connectivity index (χ0) is 7.56. The van der Waals surface area contributed by atoms with Crippen molar-refractivity contribution < 1.29 is 4.39 Å². The summed E-state index contributed by atoms with van der Waals surface area (Å²) in [4.78, 5) is 3.71. The van der Waals surface area contributed by atoms with Crippen LogP contribution in [0.1, 0.15) is 5.56 Å². The average Bonchev–Trinajstić information content (AvgIpc) is 1.95. The largest absolute Gasteiger partial charge is 0.246 e. The highest BCUT2D eigenvalue weighted by Gasteiger charge is 2.03. The Hall–Kier alpha value is 0.0400. The van der Waals surface area contributed by atoms with E-state index in [1.165, 1.54) is 0 Å². The standard InChI is InChI=1S/C6H4Br2FN/c7-3-4-1-2-10-6(8)5(4)9/h1-2H,3H2. The summed E-state index contributed by atoms with van der Waals surface area (Å²) in [5, 5.41) is 0.514. The Balaban J connectivity index is 3.14. The molecule has 54 valence electrons. The monoisotopic (exact) mass is 267 g/mol. The predicted molar refractivity (Wildman–Crippen MR) is 44.5 cm³/mol. The Labute approximate surface area is 74.9 Å². The van der Waals surface area contributed by atoms with E-state index in [-0.39, 0.29) is 10.4 Å². The average molecular weight is 269 g/mol. The second-order valence-corrected chi connectivity index (χ2v) is 3.02. The van der Waals surface area contributed by atoms with Crippen LogP contribution in [0.5, 0.6) is 0 Å². The molecule has 0 radical (unpaired) electrons. The van der Waals surface area contributed by atoms with Gasteiger partial charge in [0.15, 0.2) is 5.82 Å². The van der Waals surface area contributed by atoms with Crippen LogP contribution in [-0.4, -0.2) is 4.98 Å². The van der Waals surface area contributed by atoms with Crippen LogP contribution in [0.3, 0.4) is 0 Å². The molecule has 0 spiro atoms. The Morgan fingerprint density at radius 3 is 2.80 bits per heavy atom. The molecule has 1 aromatic heterocycles. The molecule has 0 atom stereocenters. The van der Waals surface area contributed by atoms with Crippen LogP contribution in [-0.2, 0) is 5.33 Å². The highest BCUT2D eigenvalue weighted by atomic mass is 79.9. The molecule has 0 aliphatic heterocycles. The summed E-state index contributed by atoms with van der Waals surface area (Å²) in [6.07, 6.45) is 1.56. The van der Waals surface area contributed by atoms with Crippen LogP contribution in [0.15, 0.2) is 16.9 Å². The number of rotatable bonds is 1. The first kappa shape index (κ1) is 8.14. The molecule has 1 nitrogen and oxygen atoms in total. The molecule has 1 heterocycles. The van der Waals surface area contributed by atoms with Gasteiger partial charge < -0.3 is 0 Å². The fraction of sp³-hybridized carbons (Fsp3) is 0.167. The van der Waals surface area contributed by atoms with E-state index in [0.717, 1.165) is 0 Å². The van der Waals surface area contributed by atoms with Crippen LogP contribution in [0.25, 0.3) is 0 Å². The molecule has 0 bridgehead atoms. The number of hydrogen-bond acceptors (Lipinski definition) is 1. The zero-order valence-corrected chi connectivity index (χ0v) is 8.11. The third kappa shape index (κ3) is 1.55. The van der Waals surface area contributed by atoms with Crippen LogP contribution in [0, 0.1) is 5.82 Å². The maximum atomic E-state index is 12.9. The van der Waals surface area contributed by atoms with Gasteiger partial charge in [0, 0.05) is 17.1 Å². The van der Waals surface area contributed by atoms with Gasteiger partial charge in [-0.15, -0.1) is 0 Å². The lowest BCUT2D eigenvalue weighted by Gasteiger charge is -1.97. The molecule has 0 saturated carbocycles. The van der Waals surface area contributed by atoms with Gasteiger partial charge >= 0.3 is 0 Å². The maximum absolute atomic E-state index is 12.9. The van der Waals surface area contributed by atoms with Gasteiger partial charge in [-0.2, -0.15) is 0 Å². The Bertz CT molecular complexity index is 239. The number of nitrogens with zero attached hydrogens (tertiary/aromatic N) is 1. The first-order valence-corrected chi connectivity index (χ1v) is 4.52.